The number of hydrogen-bond donors (Lipinski definition) is 1. The van der Waals surface area contributed by atoms with Gasteiger partial charge in [-0.2, -0.15) is 0 Å². The summed E-state index contributed by atoms with van der Waals surface area (Å²) >= 11 is 1.26. The van der Waals surface area contributed by atoms with Gasteiger partial charge in [0, 0.05) is 12.7 Å². The molecule has 1 heterocycles. The third-order valence-corrected chi connectivity index (χ3v) is 5.17. The Kier molecular flexibility index (Phi) is 5.42. The molecular formula is C20H21N3O2S. The highest BCUT2D eigenvalue weighted by Crippen LogP contribution is 2.18. The maximum Gasteiger partial charge on any atom is 0.261 e. The minimum atomic E-state index is -0.124. The summed E-state index contributed by atoms with van der Waals surface area (Å²) in [6.07, 6.45) is 0.918. The molecule has 0 spiro atoms. The number of nitrogens with zero attached hydrogens (tertiary/aromatic N) is 2. The summed E-state index contributed by atoms with van der Waals surface area (Å²) < 4.78 is 1.50. The van der Waals surface area contributed by atoms with Crippen LogP contribution in [0.2, 0.25) is 0 Å². The van der Waals surface area contributed by atoms with E-state index in [1.54, 1.807) is 7.05 Å². The largest absolute Gasteiger partial charge is 0.325 e. The van der Waals surface area contributed by atoms with Crippen molar-refractivity contribution < 1.29 is 4.79 Å². The van der Waals surface area contributed by atoms with Crippen LogP contribution in [0.1, 0.15) is 18.1 Å². The molecule has 0 radical (unpaired) electrons. The van der Waals surface area contributed by atoms with Crippen LogP contribution in [-0.2, 0) is 18.3 Å². The van der Waals surface area contributed by atoms with Crippen LogP contribution >= 0.6 is 11.8 Å². The van der Waals surface area contributed by atoms with Crippen molar-refractivity contribution in [1.82, 2.24) is 9.55 Å². The van der Waals surface area contributed by atoms with E-state index < -0.39 is 0 Å². The molecule has 0 aliphatic heterocycles. The molecule has 1 amide bonds. The molecular weight excluding hydrogens is 346 g/mol. The molecule has 2 aromatic carbocycles. The van der Waals surface area contributed by atoms with Gasteiger partial charge in [0.15, 0.2) is 5.16 Å². The minimum Gasteiger partial charge on any atom is -0.325 e. The number of aromatic nitrogens is 2. The molecule has 0 bridgehead atoms. The van der Waals surface area contributed by atoms with E-state index in [4.69, 9.17) is 0 Å². The van der Waals surface area contributed by atoms with Gasteiger partial charge in [0.1, 0.15) is 0 Å². The van der Waals surface area contributed by atoms with Crippen LogP contribution in [0.25, 0.3) is 10.9 Å². The van der Waals surface area contributed by atoms with Gasteiger partial charge in [0.05, 0.1) is 16.7 Å². The molecule has 26 heavy (non-hydrogen) atoms. The zero-order valence-electron chi connectivity index (χ0n) is 15.1. The van der Waals surface area contributed by atoms with Gasteiger partial charge in [-0.15, -0.1) is 0 Å². The summed E-state index contributed by atoms with van der Waals surface area (Å²) in [5, 5.41) is 4.02. The Morgan fingerprint density at radius 1 is 1.23 bits per heavy atom. The second kappa shape index (κ2) is 7.74. The smallest absolute Gasteiger partial charge is 0.261 e. The molecule has 0 unspecified atom stereocenters. The van der Waals surface area contributed by atoms with Crippen LogP contribution < -0.4 is 10.9 Å². The molecule has 0 aliphatic carbocycles. The normalized spacial score (nSPS) is 10.9. The highest BCUT2D eigenvalue weighted by molar-refractivity contribution is 7.99. The van der Waals surface area contributed by atoms with Crippen LogP contribution in [0.3, 0.4) is 0 Å². The molecule has 0 fully saturated rings. The van der Waals surface area contributed by atoms with Gasteiger partial charge in [0.25, 0.3) is 5.56 Å². The topological polar surface area (TPSA) is 64.0 Å². The predicted octanol–water partition coefficient (Wildman–Crippen LogP) is 3.54. The maximum absolute atomic E-state index is 12.5. The fourth-order valence-electron chi connectivity index (χ4n) is 2.69. The third-order valence-electron chi connectivity index (χ3n) is 4.14. The van der Waals surface area contributed by atoms with Gasteiger partial charge in [0.2, 0.25) is 5.91 Å². The van der Waals surface area contributed by atoms with Crippen LogP contribution in [-0.4, -0.2) is 21.2 Å². The first-order valence-corrected chi connectivity index (χ1v) is 9.45. The quantitative estimate of drug-likeness (QED) is 0.553. The number of hydrogen-bond acceptors (Lipinski definition) is 4. The molecule has 5 nitrogen and oxygen atoms in total. The molecule has 0 atom stereocenters. The van der Waals surface area contributed by atoms with Crippen molar-refractivity contribution in [1.29, 1.82) is 0 Å². The van der Waals surface area contributed by atoms with E-state index in [-0.39, 0.29) is 17.2 Å². The third kappa shape index (κ3) is 3.96. The van der Waals surface area contributed by atoms with Crippen LogP contribution in [0.15, 0.2) is 52.4 Å². The van der Waals surface area contributed by atoms with E-state index >= 15 is 0 Å². The van der Waals surface area contributed by atoms with Crippen molar-refractivity contribution in [3.05, 3.63) is 63.9 Å². The van der Waals surface area contributed by atoms with Gasteiger partial charge < -0.3 is 5.32 Å². The van der Waals surface area contributed by atoms with Crippen molar-refractivity contribution in [2.24, 2.45) is 7.05 Å². The Bertz CT molecular complexity index is 1030. The van der Waals surface area contributed by atoms with E-state index in [1.165, 1.54) is 21.9 Å². The zero-order valence-corrected chi connectivity index (χ0v) is 15.9. The van der Waals surface area contributed by atoms with Crippen molar-refractivity contribution >= 4 is 34.3 Å². The molecule has 6 heteroatoms. The average Bonchev–Trinajstić information content (AvgIpc) is 2.64. The lowest BCUT2D eigenvalue weighted by atomic mass is 10.1. The van der Waals surface area contributed by atoms with Gasteiger partial charge in [-0.25, -0.2) is 4.98 Å². The van der Waals surface area contributed by atoms with Crippen molar-refractivity contribution in [3.63, 3.8) is 0 Å². The molecule has 3 rings (SSSR count). The summed E-state index contributed by atoms with van der Waals surface area (Å²) in [4.78, 5) is 29.3. The Morgan fingerprint density at radius 2 is 2.04 bits per heavy atom. The first-order valence-electron chi connectivity index (χ1n) is 8.47. The fraction of sp³-hybridized carbons (Fsp3) is 0.250. The Morgan fingerprint density at radius 3 is 2.81 bits per heavy atom. The SMILES string of the molecule is CCc1cccc(NC(=O)CSc2nc3ccc(C)cc3c(=O)n2C)c1. The highest BCUT2D eigenvalue weighted by Gasteiger charge is 2.11. The molecule has 0 saturated heterocycles. The molecule has 1 N–H and O–H groups in total. The zero-order chi connectivity index (χ0) is 18.7. The summed E-state index contributed by atoms with van der Waals surface area (Å²) in [6.45, 7) is 4.02. The number of carbonyl (C=O) groups is 1. The van der Waals surface area contributed by atoms with Gasteiger partial charge >= 0.3 is 0 Å². The number of benzene rings is 2. The van der Waals surface area contributed by atoms with Gasteiger partial charge in [-0.05, 0) is 43.2 Å². The van der Waals surface area contributed by atoms with Crippen molar-refractivity contribution in [2.75, 3.05) is 11.1 Å². The van der Waals surface area contributed by atoms with Crippen LogP contribution in [0.4, 0.5) is 5.69 Å². The highest BCUT2D eigenvalue weighted by atomic mass is 32.2. The maximum atomic E-state index is 12.5. The van der Waals surface area contributed by atoms with E-state index in [1.807, 2.05) is 49.4 Å². The van der Waals surface area contributed by atoms with Crippen LogP contribution in [0.5, 0.6) is 0 Å². The molecule has 134 valence electrons. The molecule has 3 aromatic rings. The van der Waals surface area contributed by atoms with Crippen molar-refractivity contribution in [3.8, 4) is 0 Å². The number of amides is 1. The lowest BCUT2D eigenvalue weighted by Gasteiger charge is -2.10. The van der Waals surface area contributed by atoms with Crippen LogP contribution in [0, 0.1) is 6.92 Å². The standard InChI is InChI=1S/C20H21N3O2S/c1-4-14-6-5-7-15(11-14)21-18(24)12-26-20-22-17-9-8-13(2)10-16(17)19(25)23(20)3/h5-11H,4,12H2,1-3H3,(H,21,24). The van der Waals surface area contributed by atoms with Gasteiger partial charge in [-0.3, -0.25) is 14.2 Å². The minimum absolute atomic E-state index is 0.0998. The predicted molar refractivity (Wildman–Crippen MR) is 107 cm³/mol. The number of carbonyl (C=O) groups excluding carboxylic acids is 1. The van der Waals surface area contributed by atoms with E-state index in [0.717, 1.165) is 17.7 Å². The molecule has 0 saturated carbocycles. The summed E-state index contributed by atoms with van der Waals surface area (Å²) in [5.74, 6) is 0.0649. The number of nitrogens with one attached hydrogen (secondary N) is 1. The summed E-state index contributed by atoms with van der Waals surface area (Å²) in [5.41, 5.74) is 3.52. The average molecular weight is 367 g/mol. The number of aryl methyl sites for hydroxylation is 2. The summed E-state index contributed by atoms with van der Waals surface area (Å²) in [7, 11) is 1.68. The number of thioether (sulfide) groups is 1. The Labute approximate surface area is 156 Å². The second-order valence-corrected chi connectivity index (χ2v) is 7.11. The fourth-order valence-corrected chi connectivity index (χ4v) is 3.46. The summed E-state index contributed by atoms with van der Waals surface area (Å²) in [6, 6.07) is 13.4. The lowest BCUT2D eigenvalue weighted by molar-refractivity contribution is -0.113. The van der Waals surface area contributed by atoms with E-state index in [2.05, 4.69) is 17.2 Å². The monoisotopic (exact) mass is 367 g/mol. The molecule has 0 aliphatic rings. The molecule has 1 aromatic heterocycles. The number of rotatable bonds is 5. The van der Waals surface area contributed by atoms with E-state index in [9.17, 15) is 9.59 Å². The number of anilines is 1. The lowest BCUT2D eigenvalue weighted by Crippen LogP contribution is -2.21. The van der Waals surface area contributed by atoms with Gasteiger partial charge in [-0.1, -0.05) is 42.4 Å². The second-order valence-electron chi connectivity index (χ2n) is 6.17. The Balaban J connectivity index is 1.74. The first-order chi connectivity index (χ1) is 12.5. The van der Waals surface area contributed by atoms with Crippen molar-refractivity contribution in [2.45, 2.75) is 25.4 Å². The van der Waals surface area contributed by atoms with E-state index in [0.29, 0.717) is 16.1 Å². The first kappa shape index (κ1) is 18.2. The Hall–Kier alpha value is -2.60. The number of fused-ring (bicyclic) bond motifs is 1.